The van der Waals surface area contributed by atoms with Gasteiger partial charge in [-0.15, -0.1) is 0 Å². The second-order valence-corrected chi connectivity index (χ2v) is 4.43. The van der Waals surface area contributed by atoms with Gasteiger partial charge in [0.25, 0.3) is 0 Å². The van der Waals surface area contributed by atoms with Crippen molar-refractivity contribution in [3.8, 4) is 0 Å². The van der Waals surface area contributed by atoms with Gasteiger partial charge in [0.05, 0.1) is 18.3 Å². The van der Waals surface area contributed by atoms with Crippen LogP contribution < -0.4 is 0 Å². The molecular weight excluding hydrogens is 216 g/mol. The number of benzene rings is 1. The average Bonchev–Trinajstić information content (AvgIpc) is 2.22. The molecule has 0 amide bonds. The Bertz CT molecular complexity index is 363. The van der Waals surface area contributed by atoms with Crippen LogP contribution in [0.2, 0.25) is 0 Å². The maximum atomic E-state index is 11.7. The normalized spacial score (nSPS) is 10.6. The molecule has 0 saturated heterocycles. The van der Waals surface area contributed by atoms with Crippen LogP contribution in [0.25, 0.3) is 0 Å². The van der Waals surface area contributed by atoms with Crippen molar-refractivity contribution < 1.29 is 14.3 Å². The number of hydrogen-bond donors (Lipinski definition) is 0. The molecule has 1 aromatic carbocycles. The highest BCUT2D eigenvalue weighted by molar-refractivity contribution is 5.89. The van der Waals surface area contributed by atoms with Gasteiger partial charge in [0.2, 0.25) is 0 Å². The summed E-state index contributed by atoms with van der Waals surface area (Å²) in [5.74, 6) is -0.288. The molecule has 0 aliphatic rings. The second kappa shape index (κ2) is 6.40. The second-order valence-electron chi connectivity index (χ2n) is 4.43. The summed E-state index contributed by atoms with van der Waals surface area (Å²) in [5, 5.41) is 0. The Balaban J connectivity index is 2.47. The lowest BCUT2D eigenvalue weighted by atomic mass is 10.1. The molecule has 0 bridgehead atoms. The fraction of sp³-hybridized carbons (Fsp3) is 0.500. The zero-order chi connectivity index (χ0) is 12.8. The van der Waals surface area contributed by atoms with Crippen molar-refractivity contribution >= 4 is 5.97 Å². The van der Waals surface area contributed by atoms with Crippen LogP contribution in [0.3, 0.4) is 0 Å². The molecule has 0 aliphatic carbocycles. The Hall–Kier alpha value is -1.35. The van der Waals surface area contributed by atoms with Crippen molar-refractivity contribution in [3.63, 3.8) is 0 Å². The summed E-state index contributed by atoms with van der Waals surface area (Å²) < 4.78 is 10.4. The molecule has 0 N–H and O–H groups in total. The van der Waals surface area contributed by atoms with Gasteiger partial charge in [-0.05, 0) is 39.8 Å². The summed E-state index contributed by atoms with van der Waals surface area (Å²) in [5.41, 5.74) is 2.73. The van der Waals surface area contributed by atoms with Gasteiger partial charge in [-0.3, -0.25) is 0 Å². The summed E-state index contributed by atoms with van der Waals surface area (Å²) >= 11 is 0. The van der Waals surface area contributed by atoms with Gasteiger partial charge >= 0.3 is 5.97 Å². The van der Waals surface area contributed by atoms with Gasteiger partial charge in [0.15, 0.2) is 0 Å². The number of carbonyl (C=O) groups is 1. The first-order valence-electron chi connectivity index (χ1n) is 5.86. The quantitative estimate of drug-likeness (QED) is 0.582. The highest BCUT2D eigenvalue weighted by atomic mass is 16.6. The predicted octanol–water partition coefficient (Wildman–Crippen LogP) is 2.89. The lowest BCUT2D eigenvalue weighted by molar-refractivity contribution is 0.0177. The first kappa shape index (κ1) is 13.7. The van der Waals surface area contributed by atoms with E-state index in [9.17, 15) is 4.79 Å². The van der Waals surface area contributed by atoms with Crippen LogP contribution >= 0.6 is 0 Å². The molecule has 1 aromatic rings. The van der Waals surface area contributed by atoms with E-state index < -0.39 is 0 Å². The number of ether oxygens (including phenoxy) is 2. The number of esters is 1. The molecule has 0 atom stereocenters. The van der Waals surface area contributed by atoms with Crippen molar-refractivity contribution in [1.82, 2.24) is 0 Å². The Morgan fingerprint density at radius 1 is 1.12 bits per heavy atom. The van der Waals surface area contributed by atoms with Crippen LogP contribution in [0.5, 0.6) is 0 Å². The highest BCUT2D eigenvalue weighted by Crippen LogP contribution is 2.10. The topological polar surface area (TPSA) is 35.5 Å². The van der Waals surface area contributed by atoms with Crippen LogP contribution in [0.15, 0.2) is 18.2 Å². The van der Waals surface area contributed by atoms with Crippen molar-refractivity contribution in [2.45, 2.75) is 33.8 Å². The fourth-order valence-electron chi connectivity index (χ4n) is 1.59. The van der Waals surface area contributed by atoms with Crippen LogP contribution in [0, 0.1) is 13.8 Å². The third-order valence-corrected chi connectivity index (χ3v) is 2.23. The molecule has 0 unspecified atom stereocenters. The van der Waals surface area contributed by atoms with E-state index in [4.69, 9.17) is 9.47 Å². The maximum Gasteiger partial charge on any atom is 0.338 e. The molecule has 0 aliphatic heterocycles. The van der Waals surface area contributed by atoms with E-state index in [-0.39, 0.29) is 12.1 Å². The van der Waals surface area contributed by atoms with Crippen molar-refractivity contribution in [1.29, 1.82) is 0 Å². The minimum atomic E-state index is -0.288. The summed E-state index contributed by atoms with van der Waals surface area (Å²) in [6, 6.07) is 5.69. The van der Waals surface area contributed by atoms with Crippen LogP contribution in [0.1, 0.15) is 35.3 Å². The molecule has 0 radical (unpaired) electrons. The Morgan fingerprint density at radius 2 is 1.71 bits per heavy atom. The van der Waals surface area contributed by atoms with E-state index in [1.54, 1.807) is 0 Å². The molecule has 3 heteroatoms. The van der Waals surface area contributed by atoms with Gasteiger partial charge in [-0.2, -0.15) is 0 Å². The summed E-state index contributed by atoms with van der Waals surface area (Å²) in [6.45, 7) is 8.56. The summed E-state index contributed by atoms with van der Waals surface area (Å²) in [4.78, 5) is 11.7. The van der Waals surface area contributed by atoms with Crippen LogP contribution in [0.4, 0.5) is 0 Å². The Labute approximate surface area is 103 Å². The highest BCUT2D eigenvalue weighted by Gasteiger charge is 2.08. The third-order valence-electron chi connectivity index (χ3n) is 2.23. The van der Waals surface area contributed by atoms with Gasteiger partial charge in [0.1, 0.15) is 6.61 Å². The van der Waals surface area contributed by atoms with Crippen LogP contribution in [-0.2, 0) is 9.47 Å². The van der Waals surface area contributed by atoms with Gasteiger partial charge < -0.3 is 9.47 Å². The SMILES string of the molecule is Cc1cc(C)cc(C(=O)OCCOC(C)C)c1. The third kappa shape index (κ3) is 5.00. The van der Waals surface area contributed by atoms with E-state index in [1.165, 1.54) is 0 Å². The zero-order valence-electron chi connectivity index (χ0n) is 10.9. The molecule has 94 valence electrons. The molecule has 1 rings (SSSR count). The maximum absolute atomic E-state index is 11.7. The fourth-order valence-corrected chi connectivity index (χ4v) is 1.59. The Kier molecular flexibility index (Phi) is 5.16. The van der Waals surface area contributed by atoms with Gasteiger partial charge in [0, 0.05) is 0 Å². The minimum Gasteiger partial charge on any atom is -0.460 e. The molecule has 0 heterocycles. The van der Waals surface area contributed by atoms with Crippen molar-refractivity contribution in [3.05, 3.63) is 34.9 Å². The first-order valence-corrected chi connectivity index (χ1v) is 5.86. The van der Waals surface area contributed by atoms with E-state index in [0.29, 0.717) is 18.8 Å². The van der Waals surface area contributed by atoms with Crippen molar-refractivity contribution in [2.24, 2.45) is 0 Å². The molecule has 0 spiro atoms. The molecule has 0 fully saturated rings. The lowest BCUT2D eigenvalue weighted by Crippen LogP contribution is -2.13. The first-order chi connectivity index (χ1) is 7.99. The number of aryl methyl sites for hydroxylation is 2. The molecule has 0 saturated carbocycles. The summed E-state index contributed by atoms with van der Waals surface area (Å²) in [6.07, 6.45) is 0.162. The largest absolute Gasteiger partial charge is 0.460 e. The number of hydrogen-bond acceptors (Lipinski definition) is 3. The smallest absolute Gasteiger partial charge is 0.338 e. The van der Waals surface area contributed by atoms with Gasteiger partial charge in [-0.25, -0.2) is 4.79 Å². The standard InChI is InChI=1S/C14H20O3/c1-10(2)16-5-6-17-14(15)13-8-11(3)7-12(4)9-13/h7-10H,5-6H2,1-4H3. The average molecular weight is 236 g/mol. The van der Waals surface area contributed by atoms with E-state index in [1.807, 2.05) is 45.9 Å². The van der Waals surface area contributed by atoms with Gasteiger partial charge in [-0.1, -0.05) is 17.2 Å². The molecule has 17 heavy (non-hydrogen) atoms. The monoisotopic (exact) mass is 236 g/mol. The zero-order valence-corrected chi connectivity index (χ0v) is 10.9. The van der Waals surface area contributed by atoms with E-state index in [0.717, 1.165) is 11.1 Å². The number of carbonyl (C=O) groups excluding carboxylic acids is 1. The molecule has 3 nitrogen and oxygen atoms in total. The van der Waals surface area contributed by atoms with E-state index in [2.05, 4.69) is 0 Å². The number of rotatable bonds is 5. The minimum absolute atomic E-state index is 0.162. The van der Waals surface area contributed by atoms with Crippen LogP contribution in [-0.4, -0.2) is 25.3 Å². The Morgan fingerprint density at radius 3 is 2.24 bits per heavy atom. The molecular formula is C14H20O3. The molecule has 0 aromatic heterocycles. The summed E-state index contributed by atoms with van der Waals surface area (Å²) in [7, 11) is 0. The lowest BCUT2D eigenvalue weighted by Gasteiger charge is -2.09. The van der Waals surface area contributed by atoms with E-state index >= 15 is 0 Å². The predicted molar refractivity (Wildman–Crippen MR) is 67.3 cm³/mol. The van der Waals surface area contributed by atoms with Crippen molar-refractivity contribution in [2.75, 3.05) is 13.2 Å².